The monoisotopic (exact) mass is 389 g/mol. The minimum atomic E-state index is -0.259. The molecule has 0 aliphatic heterocycles. The molecule has 0 aliphatic rings. The van der Waals surface area contributed by atoms with Crippen molar-refractivity contribution in [3.8, 4) is 0 Å². The van der Waals surface area contributed by atoms with Gasteiger partial charge in [-0.05, 0) is 36.5 Å². The van der Waals surface area contributed by atoms with Crippen molar-refractivity contribution in [2.24, 2.45) is 0 Å². The van der Waals surface area contributed by atoms with Crippen LogP contribution >= 0.6 is 0 Å². The molecule has 0 amide bonds. The number of rotatable bonds is 14. The third kappa shape index (κ3) is 10.1. The number of carbonyl (C=O) groups is 1. The number of anilines is 1. The average molecular weight is 390 g/mol. The van der Waals surface area contributed by atoms with Gasteiger partial charge in [0.05, 0.1) is 6.61 Å². The van der Waals surface area contributed by atoms with Gasteiger partial charge in [-0.1, -0.05) is 97.6 Å². The van der Waals surface area contributed by atoms with Gasteiger partial charge in [0.15, 0.2) is 0 Å². The van der Waals surface area contributed by atoms with Crippen molar-refractivity contribution in [2.45, 2.75) is 110 Å². The van der Waals surface area contributed by atoms with Gasteiger partial charge >= 0.3 is 5.97 Å². The molecular weight excluding hydrogens is 346 g/mol. The first kappa shape index (κ1) is 24.5. The molecule has 0 fully saturated rings. The predicted octanol–water partition coefficient (Wildman–Crippen LogP) is 7.25. The maximum Gasteiger partial charge on any atom is 0.328 e. The Morgan fingerprint density at radius 1 is 0.893 bits per heavy atom. The van der Waals surface area contributed by atoms with E-state index < -0.39 is 0 Å². The summed E-state index contributed by atoms with van der Waals surface area (Å²) < 4.78 is 5.29. The van der Waals surface area contributed by atoms with Crippen molar-refractivity contribution in [1.29, 1.82) is 0 Å². The maximum absolute atomic E-state index is 12.4. The molecule has 160 valence electrons. The molecule has 0 aromatic heterocycles. The third-order valence-corrected chi connectivity index (χ3v) is 5.26. The molecule has 0 radical (unpaired) electrons. The molecule has 0 unspecified atom stereocenters. The number of benzene rings is 1. The lowest BCUT2D eigenvalue weighted by molar-refractivity contribution is -0.144. The zero-order valence-corrected chi connectivity index (χ0v) is 19.0. The lowest BCUT2D eigenvalue weighted by Gasteiger charge is -2.21. The molecule has 1 rings (SSSR count). The zero-order valence-electron chi connectivity index (χ0n) is 19.0. The smallest absolute Gasteiger partial charge is 0.328 e. The van der Waals surface area contributed by atoms with Gasteiger partial charge in [-0.3, -0.25) is 0 Å². The summed E-state index contributed by atoms with van der Waals surface area (Å²) in [5, 5.41) is 3.39. The summed E-state index contributed by atoms with van der Waals surface area (Å²) in [4.78, 5) is 12.4. The number of nitrogens with one attached hydrogen (secondary N) is 1. The van der Waals surface area contributed by atoms with Crippen molar-refractivity contribution in [1.82, 2.24) is 0 Å². The number of carbonyl (C=O) groups excluding carboxylic acids is 1. The van der Waals surface area contributed by atoms with E-state index >= 15 is 0 Å². The van der Waals surface area contributed by atoms with Gasteiger partial charge in [0.1, 0.15) is 6.04 Å². The van der Waals surface area contributed by atoms with E-state index in [1.165, 1.54) is 56.9 Å². The number of unbranched alkanes of at least 4 members (excludes halogenated alkanes) is 8. The highest BCUT2D eigenvalue weighted by Gasteiger charge is 2.20. The normalized spacial score (nSPS) is 12.6. The minimum Gasteiger partial charge on any atom is -0.464 e. The van der Waals surface area contributed by atoms with Crippen molar-refractivity contribution in [2.75, 3.05) is 11.9 Å². The second-order valence-corrected chi connectivity index (χ2v) is 8.89. The van der Waals surface area contributed by atoms with Gasteiger partial charge in [-0.15, -0.1) is 0 Å². The average Bonchev–Trinajstić information content (AvgIpc) is 2.65. The van der Waals surface area contributed by atoms with Crippen LogP contribution < -0.4 is 5.32 Å². The topological polar surface area (TPSA) is 38.3 Å². The van der Waals surface area contributed by atoms with Crippen molar-refractivity contribution in [3.63, 3.8) is 0 Å². The van der Waals surface area contributed by atoms with Crippen LogP contribution in [0.25, 0.3) is 0 Å². The van der Waals surface area contributed by atoms with Crippen molar-refractivity contribution < 1.29 is 9.53 Å². The van der Waals surface area contributed by atoms with Crippen molar-refractivity contribution in [3.05, 3.63) is 29.8 Å². The van der Waals surface area contributed by atoms with Crippen LogP contribution in [0.15, 0.2) is 24.3 Å². The van der Waals surface area contributed by atoms with Crippen LogP contribution in [0.1, 0.15) is 104 Å². The highest BCUT2D eigenvalue weighted by molar-refractivity contribution is 5.79. The van der Waals surface area contributed by atoms with Crippen LogP contribution in [0.2, 0.25) is 0 Å². The lowest BCUT2D eigenvalue weighted by atomic mass is 9.87. The third-order valence-electron chi connectivity index (χ3n) is 5.26. The lowest BCUT2D eigenvalue weighted by Crippen LogP contribution is -2.31. The van der Waals surface area contributed by atoms with Gasteiger partial charge in [0, 0.05) is 5.69 Å². The molecule has 0 saturated heterocycles. The minimum absolute atomic E-state index is 0.135. The van der Waals surface area contributed by atoms with E-state index in [9.17, 15) is 4.79 Å². The van der Waals surface area contributed by atoms with E-state index in [4.69, 9.17) is 4.74 Å². The highest BCUT2D eigenvalue weighted by Crippen LogP contribution is 2.24. The van der Waals surface area contributed by atoms with Crippen LogP contribution in [-0.2, 0) is 14.9 Å². The van der Waals surface area contributed by atoms with Crippen molar-refractivity contribution >= 4 is 11.7 Å². The fourth-order valence-electron chi connectivity index (χ4n) is 3.42. The van der Waals surface area contributed by atoms with E-state index in [1.807, 2.05) is 6.92 Å². The van der Waals surface area contributed by atoms with E-state index in [0.717, 1.165) is 18.5 Å². The highest BCUT2D eigenvalue weighted by atomic mass is 16.5. The Morgan fingerprint density at radius 3 is 1.93 bits per heavy atom. The first-order valence-electron chi connectivity index (χ1n) is 11.4. The molecule has 0 spiro atoms. The molecule has 28 heavy (non-hydrogen) atoms. The second-order valence-electron chi connectivity index (χ2n) is 8.89. The second kappa shape index (κ2) is 13.6. The van der Waals surface area contributed by atoms with E-state index in [1.54, 1.807) is 0 Å². The molecule has 3 nitrogen and oxygen atoms in total. The van der Waals surface area contributed by atoms with Crippen LogP contribution in [0, 0.1) is 0 Å². The van der Waals surface area contributed by atoms with E-state index in [2.05, 4.69) is 57.3 Å². The summed E-state index contributed by atoms with van der Waals surface area (Å²) in [5.74, 6) is -0.137. The molecule has 1 atom stereocenters. The fourth-order valence-corrected chi connectivity index (χ4v) is 3.42. The van der Waals surface area contributed by atoms with Gasteiger partial charge in [-0.2, -0.15) is 0 Å². The molecule has 1 N–H and O–H groups in total. The van der Waals surface area contributed by atoms with Gasteiger partial charge in [0.2, 0.25) is 0 Å². The molecule has 1 aromatic rings. The maximum atomic E-state index is 12.4. The zero-order chi connectivity index (χ0) is 20.8. The summed E-state index contributed by atoms with van der Waals surface area (Å²) in [6.07, 6.45) is 12.4. The molecule has 3 heteroatoms. The first-order chi connectivity index (χ1) is 13.4. The number of esters is 1. The summed E-state index contributed by atoms with van der Waals surface area (Å²) in [5.41, 5.74) is 2.42. The van der Waals surface area contributed by atoms with Crippen LogP contribution in [0.5, 0.6) is 0 Å². The standard InChI is InChI=1S/C25H43NO2/c1-6-8-9-10-11-12-13-14-15-16-23(24(27)28-7-2)26-22-19-17-21(18-20-22)25(3,4)5/h17-20,23,26H,6-16H2,1-5H3/t23-/m1/s1. The summed E-state index contributed by atoms with van der Waals surface area (Å²) in [6, 6.07) is 8.17. The van der Waals surface area contributed by atoms with Crippen LogP contribution in [-0.4, -0.2) is 18.6 Å². The fraction of sp³-hybridized carbons (Fsp3) is 0.720. The largest absolute Gasteiger partial charge is 0.464 e. The summed E-state index contributed by atoms with van der Waals surface area (Å²) >= 11 is 0. The SMILES string of the molecule is CCCCCCCCCCC[C@@H](Nc1ccc(C(C)(C)C)cc1)C(=O)OCC. The number of ether oxygens (including phenoxy) is 1. The molecule has 0 aliphatic carbocycles. The van der Waals surface area contributed by atoms with Gasteiger partial charge < -0.3 is 10.1 Å². The Labute approximate surface area is 173 Å². The molecule has 1 aromatic carbocycles. The molecular formula is C25H43NO2. The Balaban J connectivity index is 2.43. The number of hydrogen-bond donors (Lipinski definition) is 1. The predicted molar refractivity (Wildman–Crippen MR) is 121 cm³/mol. The molecule has 0 saturated carbocycles. The molecule has 0 heterocycles. The molecule has 0 bridgehead atoms. The summed E-state index contributed by atoms with van der Waals surface area (Å²) in [6.45, 7) is 11.2. The van der Waals surface area contributed by atoms with Crippen LogP contribution in [0.3, 0.4) is 0 Å². The quantitative estimate of drug-likeness (QED) is 0.269. The number of hydrogen-bond acceptors (Lipinski definition) is 3. The van der Waals surface area contributed by atoms with Gasteiger partial charge in [0.25, 0.3) is 0 Å². The Hall–Kier alpha value is -1.51. The Kier molecular flexibility index (Phi) is 11.9. The van der Waals surface area contributed by atoms with Gasteiger partial charge in [-0.25, -0.2) is 4.79 Å². The summed E-state index contributed by atoms with van der Waals surface area (Å²) in [7, 11) is 0. The van der Waals surface area contributed by atoms with E-state index in [0.29, 0.717) is 6.61 Å². The Bertz CT molecular complexity index is 530. The first-order valence-corrected chi connectivity index (χ1v) is 11.4. The van der Waals surface area contributed by atoms with Crippen LogP contribution in [0.4, 0.5) is 5.69 Å². The van der Waals surface area contributed by atoms with E-state index in [-0.39, 0.29) is 17.4 Å². The Morgan fingerprint density at radius 2 is 1.43 bits per heavy atom.